The Balaban J connectivity index is -0.00000000167. The van der Waals surface area contributed by atoms with Crippen molar-refractivity contribution in [1.29, 1.82) is 0 Å². The zero-order chi connectivity index (χ0) is 2.00. The van der Waals surface area contributed by atoms with E-state index in [1.165, 1.54) is 0 Å². The average molecular weight is 393 g/mol. The summed E-state index contributed by atoms with van der Waals surface area (Å²) in [6, 6.07) is 0. The Morgan fingerprint density at radius 2 is 1.20 bits per heavy atom. The van der Waals surface area contributed by atoms with Crippen LogP contribution in [0.2, 0.25) is 0 Å². The summed E-state index contributed by atoms with van der Waals surface area (Å²) in [7, 11) is 0. The molecule has 0 aromatic rings. The second-order valence-electron chi connectivity index (χ2n) is 0. The van der Waals surface area contributed by atoms with Gasteiger partial charge in [-0.15, -0.1) is 0 Å². The molecular formula is H8GaInOSnZn. The Morgan fingerprint density at radius 1 is 1.20 bits per heavy atom. The van der Waals surface area contributed by atoms with Crippen LogP contribution in [0.5, 0.6) is 0 Å². The van der Waals surface area contributed by atoms with Gasteiger partial charge < -0.3 is 0 Å². The van der Waals surface area contributed by atoms with Gasteiger partial charge in [-0.3, -0.25) is 0 Å². The number of hydrogen-bond acceptors (Lipinski definition) is 1. The van der Waals surface area contributed by atoms with Crippen molar-refractivity contribution in [3.8, 4) is 0 Å². The SMILES string of the molecule is [GaH3].[InH3].[O]=[Zn].[SnH2]. The fourth-order valence-corrected chi connectivity index (χ4v) is 0. The van der Waals surface area contributed by atoms with E-state index in [4.69, 9.17) is 3.57 Å². The number of hydrogen-bond donors (Lipinski definition) is 0. The molecule has 0 saturated carbocycles. The molecule has 0 aromatic carbocycles. The first-order chi connectivity index (χ1) is 1.00. The Morgan fingerprint density at radius 3 is 1.20 bits per heavy atom. The van der Waals surface area contributed by atoms with Crippen LogP contribution >= 0.6 is 0 Å². The molecule has 0 aliphatic heterocycles. The van der Waals surface area contributed by atoms with Crippen molar-refractivity contribution < 1.29 is 21.8 Å². The van der Waals surface area contributed by atoms with Crippen LogP contribution in [0, 0.1) is 0 Å². The monoisotopic (exact) mass is 392 g/mol. The molecule has 0 amide bonds. The summed E-state index contributed by atoms with van der Waals surface area (Å²) in [4.78, 5) is 0. The molecule has 0 atom stereocenters. The predicted octanol–water partition coefficient (Wildman–Crippen LogP) is -3.41. The molecule has 0 aromatic heterocycles. The van der Waals surface area contributed by atoms with Crippen molar-refractivity contribution in [2.75, 3.05) is 0 Å². The summed E-state index contributed by atoms with van der Waals surface area (Å²) >= 11 is 0.125. The van der Waals surface area contributed by atoms with E-state index in [-0.39, 0.29) is 87.8 Å². The van der Waals surface area contributed by atoms with Crippen LogP contribution in [0.15, 0.2) is 0 Å². The van der Waals surface area contributed by atoms with Crippen molar-refractivity contribution in [3.05, 3.63) is 0 Å². The third-order valence-electron chi connectivity index (χ3n) is 0. The zero-order valence-electron chi connectivity index (χ0n) is 1.82. The van der Waals surface area contributed by atoms with Gasteiger partial charge in [0.15, 0.2) is 0 Å². The molecule has 0 heterocycles. The maximum absolute atomic E-state index is 8.38. The molecule has 0 N–H and O–H groups in total. The molecule has 0 unspecified atom stereocenters. The second kappa shape index (κ2) is 29.7. The molecule has 0 aliphatic carbocycles. The molecular weight excluding hydrogens is 385 g/mol. The summed E-state index contributed by atoms with van der Waals surface area (Å²) in [5, 5.41) is 0. The summed E-state index contributed by atoms with van der Waals surface area (Å²) < 4.78 is 8.38. The van der Waals surface area contributed by atoms with Gasteiger partial charge in [-0.2, -0.15) is 0 Å². The Kier molecular flexibility index (Phi) is 149. The molecule has 5 heteroatoms. The normalized spacial score (nSPS) is 1.20. The van der Waals surface area contributed by atoms with E-state index in [0.717, 1.165) is 0 Å². The van der Waals surface area contributed by atoms with Crippen molar-refractivity contribution >= 4 is 69.5 Å². The predicted molar refractivity (Wildman–Crippen MR) is 29.1 cm³/mol. The van der Waals surface area contributed by atoms with Crippen LogP contribution in [0.1, 0.15) is 0 Å². The van der Waals surface area contributed by atoms with Gasteiger partial charge in [-0.1, -0.05) is 0 Å². The minimum absolute atomic E-state index is 0. The third kappa shape index (κ3) is 20.2. The first-order valence-electron chi connectivity index (χ1n) is 0.289. The molecule has 5 heavy (non-hydrogen) atoms. The Labute approximate surface area is 89.8 Å². The van der Waals surface area contributed by atoms with E-state index in [0.29, 0.717) is 0 Å². The van der Waals surface area contributed by atoms with Crippen LogP contribution in [-0.4, -0.2) is 69.5 Å². The van der Waals surface area contributed by atoms with E-state index >= 15 is 0 Å². The molecule has 0 aliphatic rings. The minimum atomic E-state index is 0. The van der Waals surface area contributed by atoms with Gasteiger partial charge in [0, 0.05) is 0 Å². The van der Waals surface area contributed by atoms with Crippen LogP contribution in [0.25, 0.3) is 0 Å². The standard InChI is InChI=1S/Ga.In.O.Sn.Zn.8H. The van der Waals surface area contributed by atoms with Gasteiger partial charge in [0.05, 0.1) is 0 Å². The summed E-state index contributed by atoms with van der Waals surface area (Å²) in [6.07, 6.45) is 0. The fourth-order valence-electron chi connectivity index (χ4n) is 0. The third-order valence-corrected chi connectivity index (χ3v) is 0. The molecule has 2 radical (unpaired) electrons. The average Bonchev–Trinajstić information content (AvgIpc) is 1.00. The van der Waals surface area contributed by atoms with Gasteiger partial charge in [0.2, 0.25) is 0 Å². The van der Waals surface area contributed by atoms with Crippen LogP contribution in [0.4, 0.5) is 0 Å². The summed E-state index contributed by atoms with van der Waals surface area (Å²) in [5.41, 5.74) is 0. The molecule has 26 valence electrons. The van der Waals surface area contributed by atoms with E-state index < -0.39 is 0 Å². The molecule has 0 spiro atoms. The second-order valence-corrected chi connectivity index (χ2v) is 0. The van der Waals surface area contributed by atoms with Gasteiger partial charge in [0.25, 0.3) is 0 Å². The quantitative estimate of drug-likeness (QED) is 0.393. The number of rotatable bonds is 0. The van der Waals surface area contributed by atoms with E-state index in [1.807, 2.05) is 0 Å². The van der Waals surface area contributed by atoms with Gasteiger partial charge in [0.1, 0.15) is 0 Å². The van der Waals surface area contributed by atoms with Crippen LogP contribution < -0.4 is 0 Å². The Bertz CT molecular complexity index is 11.6. The first-order valence-corrected chi connectivity index (χ1v) is 1.50. The van der Waals surface area contributed by atoms with Crippen LogP contribution in [-0.2, 0) is 21.8 Å². The van der Waals surface area contributed by atoms with Crippen LogP contribution in [0.3, 0.4) is 0 Å². The zero-order valence-corrected chi connectivity index (χ0v) is 8.83. The topological polar surface area (TPSA) is 17.1 Å². The summed E-state index contributed by atoms with van der Waals surface area (Å²) in [5.74, 6) is 0. The first kappa shape index (κ1) is 25.2. The Hall–Kier alpha value is 2.73. The molecule has 0 saturated heterocycles. The molecule has 0 rings (SSSR count). The molecule has 0 fully saturated rings. The van der Waals surface area contributed by atoms with E-state index in [1.54, 1.807) is 0 Å². The molecule has 0 bridgehead atoms. The van der Waals surface area contributed by atoms with Crippen molar-refractivity contribution in [1.82, 2.24) is 0 Å². The van der Waals surface area contributed by atoms with Crippen molar-refractivity contribution in [2.45, 2.75) is 0 Å². The van der Waals surface area contributed by atoms with Crippen molar-refractivity contribution in [3.63, 3.8) is 0 Å². The van der Waals surface area contributed by atoms with Gasteiger partial charge in [-0.25, -0.2) is 0 Å². The molecule has 1 nitrogen and oxygen atoms in total. The van der Waals surface area contributed by atoms with Crippen molar-refractivity contribution in [2.24, 2.45) is 0 Å². The van der Waals surface area contributed by atoms with E-state index in [9.17, 15) is 0 Å². The van der Waals surface area contributed by atoms with Gasteiger partial charge >= 0.3 is 91.4 Å². The van der Waals surface area contributed by atoms with Gasteiger partial charge in [-0.05, 0) is 0 Å². The maximum atomic E-state index is 8.38. The van der Waals surface area contributed by atoms with E-state index in [2.05, 4.69) is 0 Å². The summed E-state index contributed by atoms with van der Waals surface area (Å²) in [6.45, 7) is 0. The fraction of sp³-hybridized carbons (Fsp3) is 0.